The van der Waals surface area contributed by atoms with Crippen molar-refractivity contribution >= 4 is 5.91 Å². The maximum Gasteiger partial charge on any atom is 0.225 e. The minimum atomic E-state index is 0.294. The van der Waals surface area contributed by atoms with Gasteiger partial charge in [0, 0.05) is 6.04 Å². The monoisotopic (exact) mass is 293 g/mol. The van der Waals surface area contributed by atoms with Crippen molar-refractivity contribution in [3.05, 3.63) is 0 Å². The Morgan fingerprint density at radius 3 is 2.48 bits per heavy atom. The maximum absolute atomic E-state index is 12.3. The van der Waals surface area contributed by atoms with Gasteiger partial charge in [0.15, 0.2) is 0 Å². The summed E-state index contributed by atoms with van der Waals surface area (Å²) in [6.45, 7) is 10.8. The van der Waals surface area contributed by atoms with Gasteiger partial charge in [-0.25, -0.2) is 0 Å². The molecule has 0 unspecified atom stereocenters. The second kappa shape index (κ2) is 5.57. The molecule has 0 aromatic carbocycles. The number of piperidine rings is 1. The van der Waals surface area contributed by atoms with Crippen LogP contribution in [0.5, 0.6) is 0 Å². The van der Waals surface area contributed by atoms with Crippen LogP contribution in [0.15, 0.2) is 0 Å². The number of rotatable bonds is 4. The Morgan fingerprint density at radius 2 is 1.90 bits per heavy atom. The molecule has 1 heterocycles. The molecule has 120 valence electrons. The number of fused-ring (bicyclic) bond motifs is 2. The summed E-state index contributed by atoms with van der Waals surface area (Å²) in [5.41, 5.74) is 0.703. The number of carbonyl (C=O) groups excluding carboxylic acids is 1. The second-order valence-corrected chi connectivity index (χ2v) is 8.54. The largest absolute Gasteiger partial charge is 0.353 e. The molecule has 3 atom stereocenters. The molecule has 3 fully saturated rings. The van der Waals surface area contributed by atoms with Crippen molar-refractivity contribution in [2.75, 3.05) is 19.6 Å². The van der Waals surface area contributed by atoms with E-state index in [4.69, 9.17) is 0 Å². The average molecular weight is 293 g/mol. The molecule has 3 heteroatoms. The Bertz CT molecular complexity index is 400. The van der Waals surface area contributed by atoms with Crippen LogP contribution >= 0.6 is 0 Å². The molecule has 21 heavy (non-hydrogen) atoms. The maximum atomic E-state index is 12.3. The topological polar surface area (TPSA) is 33.5 Å². The number of hydrogen-bond donors (Lipinski definition) is 2. The Morgan fingerprint density at radius 1 is 1.19 bits per heavy atom. The van der Waals surface area contributed by atoms with E-state index in [9.17, 15) is 4.79 Å². The van der Waals surface area contributed by atoms with Gasteiger partial charge in [-0.3, -0.25) is 4.79 Å². The lowest BCUT2D eigenvalue weighted by Crippen LogP contribution is -3.12. The first kappa shape index (κ1) is 15.3. The van der Waals surface area contributed by atoms with E-state index in [1.165, 1.54) is 51.6 Å². The summed E-state index contributed by atoms with van der Waals surface area (Å²) < 4.78 is 0. The van der Waals surface area contributed by atoms with Gasteiger partial charge in [-0.1, -0.05) is 20.8 Å². The Balaban J connectivity index is 1.49. The van der Waals surface area contributed by atoms with E-state index in [1.54, 1.807) is 4.90 Å². The predicted octanol–water partition coefficient (Wildman–Crippen LogP) is 1.78. The van der Waals surface area contributed by atoms with Gasteiger partial charge < -0.3 is 10.2 Å². The summed E-state index contributed by atoms with van der Waals surface area (Å²) in [5.74, 6) is 1.10. The van der Waals surface area contributed by atoms with E-state index in [0.29, 0.717) is 29.2 Å². The highest BCUT2D eigenvalue weighted by molar-refractivity contribution is 5.76. The van der Waals surface area contributed by atoms with Crippen LogP contribution in [-0.2, 0) is 4.79 Å². The van der Waals surface area contributed by atoms with Crippen LogP contribution < -0.4 is 10.2 Å². The van der Waals surface area contributed by atoms with E-state index in [1.807, 2.05) is 0 Å². The lowest BCUT2D eigenvalue weighted by Gasteiger charge is -2.39. The molecule has 0 aromatic rings. The molecule has 2 saturated carbocycles. The smallest absolute Gasteiger partial charge is 0.225 e. The summed E-state index contributed by atoms with van der Waals surface area (Å²) in [6, 6.07) is 0.412. The van der Waals surface area contributed by atoms with E-state index >= 15 is 0 Å². The van der Waals surface area contributed by atoms with Gasteiger partial charge in [0.1, 0.15) is 0 Å². The Kier molecular flexibility index (Phi) is 4.06. The molecular weight excluding hydrogens is 260 g/mol. The molecular formula is C18H33N2O+. The zero-order valence-electron chi connectivity index (χ0n) is 14.1. The van der Waals surface area contributed by atoms with Crippen molar-refractivity contribution in [1.82, 2.24) is 5.32 Å². The van der Waals surface area contributed by atoms with Crippen molar-refractivity contribution in [2.24, 2.45) is 16.7 Å². The van der Waals surface area contributed by atoms with Gasteiger partial charge in [0.2, 0.25) is 5.91 Å². The molecule has 1 saturated heterocycles. The molecule has 0 radical (unpaired) electrons. The van der Waals surface area contributed by atoms with Crippen molar-refractivity contribution in [3.63, 3.8) is 0 Å². The van der Waals surface area contributed by atoms with Crippen LogP contribution in [0.4, 0.5) is 0 Å². The van der Waals surface area contributed by atoms with Gasteiger partial charge in [-0.2, -0.15) is 0 Å². The fraction of sp³-hybridized carbons (Fsp3) is 0.944. The van der Waals surface area contributed by atoms with Crippen LogP contribution in [0.1, 0.15) is 65.7 Å². The van der Waals surface area contributed by atoms with Crippen LogP contribution in [0, 0.1) is 16.7 Å². The molecule has 2 N–H and O–H groups in total. The van der Waals surface area contributed by atoms with Gasteiger partial charge in [0.25, 0.3) is 0 Å². The third-order valence-corrected chi connectivity index (χ3v) is 7.40. The zero-order chi connectivity index (χ0) is 15.1. The van der Waals surface area contributed by atoms with Crippen molar-refractivity contribution in [3.8, 4) is 0 Å². The highest BCUT2D eigenvalue weighted by Gasteiger charge is 2.61. The van der Waals surface area contributed by atoms with Crippen molar-refractivity contribution in [2.45, 2.75) is 71.8 Å². The normalized spacial score (nSPS) is 38.6. The third-order valence-electron chi connectivity index (χ3n) is 7.40. The van der Waals surface area contributed by atoms with Crippen molar-refractivity contribution < 1.29 is 9.69 Å². The third kappa shape index (κ3) is 2.62. The lowest BCUT2D eigenvalue weighted by atomic mass is 9.69. The quantitative estimate of drug-likeness (QED) is 0.814. The van der Waals surface area contributed by atoms with Gasteiger partial charge in [-0.15, -0.1) is 0 Å². The molecule has 3 nitrogen and oxygen atoms in total. The molecule has 0 spiro atoms. The van der Waals surface area contributed by atoms with E-state index in [0.717, 1.165) is 12.5 Å². The predicted molar refractivity (Wildman–Crippen MR) is 85.2 cm³/mol. The molecule has 2 aliphatic carbocycles. The summed E-state index contributed by atoms with van der Waals surface area (Å²) in [7, 11) is 0. The number of amides is 1. The van der Waals surface area contributed by atoms with Crippen LogP contribution in [-0.4, -0.2) is 31.6 Å². The summed E-state index contributed by atoms with van der Waals surface area (Å²) in [5, 5.41) is 3.39. The number of quaternary nitrogens is 1. The van der Waals surface area contributed by atoms with E-state index in [-0.39, 0.29) is 0 Å². The van der Waals surface area contributed by atoms with Crippen LogP contribution in [0.2, 0.25) is 0 Å². The summed E-state index contributed by atoms with van der Waals surface area (Å²) >= 11 is 0. The van der Waals surface area contributed by atoms with Gasteiger partial charge in [-0.05, 0) is 55.3 Å². The van der Waals surface area contributed by atoms with Crippen LogP contribution in [0.25, 0.3) is 0 Å². The molecule has 3 rings (SSSR count). The van der Waals surface area contributed by atoms with E-state index in [2.05, 4.69) is 26.1 Å². The highest BCUT2D eigenvalue weighted by Crippen LogP contribution is 2.65. The second-order valence-electron chi connectivity index (χ2n) is 8.54. The Hall–Kier alpha value is -0.570. The summed E-state index contributed by atoms with van der Waals surface area (Å²) in [4.78, 5) is 14.0. The fourth-order valence-electron chi connectivity index (χ4n) is 5.28. The van der Waals surface area contributed by atoms with Gasteiger partial charge in [0.05, 0.1) is 26.1 Å². The first-order valence-electron chi connectivity index (χ1n) is 9.06. The number of carbonyl (C=O) groups is 1. The summed E-state index contributed by atoms with van der Waals surface area (Å²) in [6.07, 6.45) is 8.62. The SMILES string of the molecule is CC1(C)[C@H]2CC[C@]1(C)[C@H](NC(=O)CC[NH+]1CCCCC1)C2. The molecule has 3 aliphatic rings. The Labute approximate surface area is 129 Å². The highest BCUT2D eigenvalue weighted by atomic mass is 16.1. The molecule has 2 bridgehead atoms. The average Bonchev–Trinajstić information content (AvgIpc) is 2.79. The van der Waals surface area contributed by atoms with E-state index < -0.39 is 0 Å². The molecule has 1 aliphatic heterocycles. The minimum absolute atomic E-state index is 0.294. The molecule has 0 aromatic heterocycles. The van der Waals surface area contributed by atoms with Crippen LogP contribution in [0.3, 0.4) is 0 Å². The van der Waals surface area contributed by atoms with Gasteiger partial charge >= 0.3 is 0 Å². The fourth-order valence-corrected chi connectivity index (χ4v) is 5.28. The number of hydrogen-bond acceptors (Lipinski definition) is 1. The lowest BCUT2D eigenvalue weighted by molar-refractivity contribution is -0.904. The van der Waals surface area contributed by atoms with Crippen molar-refractivity contribution in [1.29, 1.82) is 0 Å². The number of likely N-dealkylation sites (tertiary alicyclic amines) is 1. The minimum Gasteiger partial charge on any atom is -0.353 e. The zero-order valence-corrected chi connectivity index (χ0v) is 14.1. The number of nitrogens with one attached hydrogen (secondary N) is 2. The first-order valence-corrected chi connectivity index (χ1v) is 9.06. The first-order chi connectivity index (χ1) is 9.93. The molecule has 1 amide bonds. The standard InChI is InChI=1S/C18H32N2O/c1-17(2)14-7-9-18(17,3)15(13-14)19-16(21)8-12-20-10-5-4-6-11-20/h14-15H,4-13H2,1-3H3,(H,19,21)/p+1/t14-,15+,18+/m0/s1.